The molecule has 0 aliphatic carbocycles. The lowest BCUT2D eigenvalue weighted by atomic mass is 10.1. The van der Waals surface area contributed by atoms with Gasteiger partial charge in [-0.1, -0.05) is 17.7 Å². The van der Waals surface area contributed by atoms with Crippen LogP contribution in [0.2, 0.25) is 0 Å². The van der Waals surface area contributed by atoms with Gasteiger partial charge in [-0.3, -0.25) is 4.79 Å². The van der Waals surface area contributed by atoms with Crippen LogP contribution in [0.1, 0.15) is 21.5 Å². The monoisotopic (exact) mass is 331 g/mol. The van der Waals surface area contributed by atoms with Gasteiger partial charge in [-0.25, -0.2) is 9.18 Å². The summed E-state index contributed by atoms with van der Waals surface area (Å²) in [5, 5.41) is 2.36. The molecule has 2 rings (SSSR count). The number of carbonyl (C=O) groups excluding carboxylic acids is 2. The van der Waals surface area contributed by atoms with Gasteiger partial charge in [0.2, 0.25) is 0 Å². The van der Waals surface area contributed by atoms with Gasteiger partial charge in [0, 0.05) is 0 Å². The normalized spacial score (nSPS) is 10.2. The van der Waals surface area contributed by atoms with Gasteiger partial charge >= 0.3 is 5.97 Å². The maximum atomic E-state index is 13.7. The Balaban J connectivity index is 1.99. The molecular formula is C18H18FNO4. The molecule has 0 saturated carbocycles. The van der Waals surface area contributed by atoms with Gasteiger partial charge in [0.15, 0.2) is 6.61 Å². The Bertz CT molecular complexity index is 774. The molecule has 0 aromatic heterocycles. The van der Waals surface area contributed by atoms with E-state index in [9.17, 15) is 14.0 Å². The van der Waals surface area contributed by atoms with E-state index in [4.69, 9.17) is 9.47 Å². The molecule has 0 atom stereocenters. The van der Waals surface area contributed by atoms with E-state index in [1.807, 2.05) is 6.92 Å². The molecule has 24 heavy (non-hydrogen) atoms. The molecule has 5 nitrogen and oxygen atoms in total. The van der Waals surface area contributed by atoms with Crippen molar-refractivity contribution in [1.82, 2.24) is 0 Å². The van der Waals surface area contributed by atoms with Crippen molar-refractivity contribution in [2.45, 2.75) is 13.8 Å². The van der Waals surface area contributed by atoms with Crippen molar-refractivity contribution >= 4 is 17.6 Å². The number of halogens is 1. The van der Waals surface area contributed by atoms with Crippen molar-refractivity contribution in [2.24, 2.45) is 0 Å². The number of amides is 1. The minimum Gasteiger partial charge on any atom is -0.496 e. The van der Waals surface area contributed by atoms with Crippen LogP contribution in [0, 0.1) is 19.7 Å². The highest BCUT2D eigenvalue weighted by Crippen LogP contribution is 2.20. The van der Waals surface area contributed by atoms with Gasteiger partial charge in [-0.2, -0.15) is 0 Å². The minimum atomic E-state index is -0.685. The number of anilines is 1. The van der Waals surface area contributed by atoms with E-state index in [-0.39, 0.29) is 11.3 Å². The fourth-order valence-corrected chi connectivity index (χ4v) is 2.10. The number of carbonyl (C=O) groups is 2. The zero-order valence-corrected chi connectivity index (χ0v) is 13.7. The summed E-state index contributed by atoms with van der Waals surface area (Å²) in [4.78, 5) is 23.9. The Morgan fingerprint density at radius 1 is 1.08 bits per heavy atom. The molecule has 0 aliphatic heterocycles. The number of hydrogen-bond donors (Lipinski definition) is 1. The van der Waals surface area contributed by atoms with Crippen LogP contribution in [0.5, 0.6) is 5.75 Å². The lowest BCUT2D eigenvalue weighted by molar-refractivity contribution is -0.119. The topological polar surface area (TPSA) is 64.6 Å². The Kier molecular flexibility index (Phi) is 5.52. The van der Waals surface area contributed by atoms with Crippen LogP contribution in [-0.4, -0.2) is 25.6 Å². The summed E-state index contributed by atoms with van der Waals surface area (Å²) >= 11 is 0. The third-order valence-corrected chi connectivity index (χ3v) is 3.31. The number of nitrogens with one attached hydrogen (secondary N) is 1. The summed E-state index contributed by atoms with van der Waals surface area (Å²) < 4.78 is 23.7. The Morgan fingerprint density at radius 2 is 1.75 bits per heavy atom. The first kappa shape index (κ1) is 17.5. The highest BCUT2D eigenvalue weighted by Gasteiger charge is 2.16. The number of aryl methyl sites for hydroxylation is 2. The maximum absolute atomic E-state index is 13.7. The van der Waals surface area contributed by atoms with Crippen LogP contribution in [-0.2, 0) is 9.53 Å². The molecule has 2 aromatic rings. The van der Waals surface area contributed by atoms with Gasteiger partial charge in [-0.05, 0) is 43.7 Å². The average Bonchev–Trinajstić information content (AvgIpc) is 2.55. The molecule has 0 radical (unpaired) electrons. The van der Waals surface area contributed by atoms with Crippen LogP contribution in [0.3, 0.4) is 0 Å². The van der Waals surface area contributed by atoms with Gasteiger partial charge in [-0.15, -0.1) is 0 Å². The second-order valence-electron chi connectivity index (χ2n) is 5.31. The minimum absolute atomic E-state index is 0.0368. The number of methoxy groups -OCH3 is 1. The second kappa shape index (κ2) is 7.59. The first-order valence-electron chi connectivity index (χ1n) is 7.28. The fourth-order valence-electron chi connectivity index (χ4n) is 2.10. The van der Waals surface area contributed by atoms with E-state index >= 15 is 0 Å². The van der Waals surface area contributed by atoms with E-state index in [0.29, 0.717) is 5.75 Å². The van der Waals surface area contributed by atoms with Gasteiger partial charge < -0.3 is 14.8 Å². The van der Waals surface area contributed by atoms with Crippen LogP contribution < -0.4 is 10.1 Å². The summed E-state index contributed by atoms with van der Waals surface area (Å²) in [5.74, 6) is -1.50. The first-order chi connectivity index (χ1) is 11.4. The molecule has 0 saturated heterocycles. The average molecular weight is 331 g/mol. The highest BCUT2D eigenvalue weighted by atomic mass is 19.1. The van der Waals surface area contributed by atoms with E-state index in [1.54, 1.807) is 31.2 Å². The maximum Gasteiger partial charge on any atom is 0.342 e. The molecule has 2 aromatic carbocycles. The number of hydrogen-bond acceptors (Lipinski definition) is 4. The molecular weight excluding hydrogens is 313 g/mol. The van der Waals surface area contributed by atoms with Crippen LogP contribution in [0.15, 0.2) is 36.4 Å². The number of rotatable bonds is 5. The lowest BCUT2D eigenvalue weighted by Gasteiger charge is -2.10. The predicted octanol–water partition coefficient (Wildman–Crippen LogP) is 3.25. The zero-order chi connectivity index (χ0) is 17.7. The fraction of sp³-hybridized carbons (Fsp3) is 0.222. The molecule has 1 amide bonds. The third-order valence-electron chi connectivity index (χ3n) is 3.31. The molecule has 6 heteroatoms. The summed E-state index contributed by atoms with van der Waals surface area (Å²) in [7, 11) is 1.44. The van der Waals surface area contributed by atoms with E-state index in [2.05, 4.69) is 5.32 Å². The van der Waals surface area contributed by atoms with Crippen LogP contribution in [0.4, 0.5) is 10.1 Å². The summed E-state index contributed by atoms with van der Waals surface area (Å²) in [5.41, 5.74) is 1.86. The smallest absolute Gasteiger partial charge is 0.342 e. The summed E-state index contributed by atoms with van der Waals surface area (Å²) in [6.45, 7) is 3.04. The Labute approximate surface area is 139 Å². The van der Waals surface area contributed by atoms with Crippen molar-refractivity contribution in [3.63, 3.8) is 0 Å². The highest BCUT2D eigenvalue weighted by molar-refractivity contribution is 5.97. The van der Waals surface area contributed by atoms with Crippen LogP contribution in [0.25, 0.3) is 0 Å². The lowest BCUT2D eigenvalue weighted by Crippen LogP contribution is -2.21. The van der Waals surface area contributed by atoms with Gasteiger partial charge in [0.25, 0.3) is 5.91 Å². The van der Waals surface area contributed by atoms with Gasteiger partial charge in [0.1, 0.15) is 17.1 Å². The summed E-state index contributed by atoms with van der Waals surface area (Å²) in [6, 6.07) is 9.48. The SMILES string of the molecule is COc1ccc(C)cc1C(=O)OCC(=O)Nc1ccc(C)cc1F. The largest absolute Gasteiger partial charge is 0.496 e. The second-order valence-corrected chi connectivity index (χ2v) is 5.31. The van der Waals surface area contributed by atoms with Crippen molar-refractivity contribution in [3.8, 4) is 5.75 Å². The number of ether oxygens (including phenoxy) is 2. The molecule has 0 aliphatic rings. The molecule has 126 valence electrons. The van der Waals surface area contributed by atoms with Crippen molar-refractivity contribution < 1.29 is 23.5 Å². The number of esters is 1. The van der Waals surface area contributed by atoms with E-state index in [0.717, 1.165) is 11.1 Å². The van der Waals surface area contributed by atoms with Crippen molar-refractivity contribution in [2.75, 3.05) is 19.0 Å². The molecule has 0 unspecified atom stereocenters. The zero-order valence-electron chi connectivity index (χ0n) is 13.7. The molecule has 1 N–H and O–H groups in total. The first-order valence-corrected chi connectivity index (χ1v) is 7.28. The Hall–Kier alpha value is -2.89. The van der Waals surface area contributed by atoms with Crippen molar-refractivity contribution in [3.05, 3.63) is 58.9 Å². The predicted molar refractivity (Wildman–Crippen MR) is 87.8 cm³/mol. The van der Waals surface area contributed by atoms with E-state index in [1.165, 1.54) is 19.2 Å². The molecule has 0 spiro atoms. The summed E-state index contributed by atoms with van der Waals surface area (Å²) in [6.07, 6.45) is 0. The quantitative estimate of drug-likeness (QED) is 0.854. The Morgan fingerprint density at radius 3 is 2.42 bits per heavy atom. The van der Waals surface area contributed by atoms with Crippen LogP contribution >= 0.6 is 0 Å². The standard InChI is InChI=1S/C18H18FNO4/c1-11-5-7-16(23-3)13(8-11)18(22)24-10-17(21)20-15-6-4-12(2)9-14(15)19/h4-9H,10H2,1-3H3,(H,20,21). The number of benzene rings is 2. The van der Waals surface area contributed by atoms with Gasteiger partial charge in [0.05, 0.1) is 12.8 Å². The molecule has 0 fully saturated rings. The third kappa shape index (κ3) is 4.32. The molecule has 0 heterocycles. The molecule has 0 bridgehead atoms. The van der Waals surface area contributed by atoms with E-state index < -0.39 is 24.3 Å². The van der Waals surface area contributed by atoms with Crippen molar-refractivity contribution in [1.29, 1.82) is 0 Å².